The molecule has 1 spiro atoms. The van der Waals surface area contributed by atoms with Crippen LogP contribution in [0.25, 0.3) is 99.5 Å². The summed E-state index contributed by atoms with van der Waals surface area (Å²) in [5, 5.41) is 4.42. The van der Waals surface area contributed by atoms with Crippen LogP contribution in [0.5, 0.6) is 0 Å². The molecule has 6 heterocycles. The Morgan fingerprint density at radius 3 is 1.38 bits per heavy atom. The van der Waals surface area contributed by atoms with E-state index < -0.39 is 5.41 Å². The molecule has 0 radical (unpaired) electrons. The number of aryl methyl sites for hydroxylation is 1. The fourth-order valence-electron chi connectivity index (χ4n) is 13.3. The predicted octanol–water partition coefficient (Wildman–Crippen LogP) is 15.6. The third-order valence-corrected chi connectivity index (χ3v) is 16.7. The summed E-state index contributed by atoms with van der Waals surface area (Å²) in [4.78, 5) is 18.0. The minimum atomic E-state index is -0.553. The molecule has 3 aliphatic rings. The van der Waals surface area contributed by atoms with Crippen molar-refractivity contribution in [2.24, 2.45) is 0 Å². The van der Waals surface area contributed by atoms with E-state index in [4.69, 9.17) is 0 Å². The van der Waals surface area contributed by atoms with Gasteiger partial charge in [-0.15, -0.1) is 0 Å². The second kappa shape index (κ2) is 14.3. The molecule has 0 fully saturated rings. The molecule has 0 N–H and O–H groups in total. The van der Waals surface area contributed by atoms with E-state index in [1.807, 2.05) is 49.6 Å². The molecule has 0 saturated carbocycles. The Hall–Kier alpha value is -8.48. The van der Waals surface area contributed by atoms with Crippen molar-refractivity contribution in [1.82, 2.24) is 29.1 Å². The highest BCUT2D eigenvalue weighted by molar-refractivity contribution is 6.09. The van der Waals surface area contributed by atoms with Crippen molar-refractivity contribution in [2.45, 2.75) is 64.2 Å². The molecule has 6 heteroatoms. The molecule has 1 atom stereocenters. The van der Waals surface area contributed by atoms with E-state index in [2.05, 4.69) is 204 Å². The monoisotopic (exact) mass is 926 g/mol. The van der Waals surface area contributed by atoms with Gasteiger partial charge in [0.25, 0.3) is 0 Å². The number of benzene rings is 6. The number of pyridine rings is 4. The lowest BCUT2D eigenvalue weighted by Crippen LogP contribution is -2.28. The van der Waals surface area contributed by atoms with E-state index >= 15 is 0 Å². The number of hydrogen-bond donors (Lipinski definition) is 0. The van der Waals surface area contributed by atoms with E-state index in [1.54, 1.807) is 0 Å². The number of fused-ring (bicyclic) bond motifs is 14. The molecule has 4 bridgehead atoms. The summed E-state index contributed by atoms with van der Waals surface area (Å²) in [7, 11) is 0. The van der Waals surface area contributed by atoms with Gasteiger partial charge < -0.3 is 9.13 Å². The van der Waals surface area contributed by atoms with E-state index in [0.29, 0.717) is 0 Å². The Morgan fingerprint density at radius 2 is 0.861 bits per heavy atom. The quantitative estimate of drug-likeness (QED) is 0.177. The van der Waals surface area contributed by atoms with Crippen LogP contribution in [0.4, 0.5) is 0 Å². The lowest BCUT2D eigenvalue weighted by atomic mass is 9.68. The van der Waals surface area contributed by atoms with Crippen molar-refractivity contribution in [2.75, 3.05) is 0 Å². The van der Waals surface area contributed by atoms with Gasteiger partial charge in [0.05, 0.1) is 27.5 Å². The maximum atomic E-state index is 4.52. The standard InChI is InChI=1S/C66H50N6/c1-38-27-44(71-60-19-23-67-34-52(60)53-35-68-24-20-61(53)71)11-17-46(38)39-7-13-48-49-14-8-40-30-57(49)66(56(48)29-39)58-31-42(64(2,3)4)9-15-50(58)51-16-10-43(32-59(51)66)65(5,6)33-41-28-45(12-18-47(40)41)72-62-21-25-69-36-54(62)55-37-70-26-22-63(55)72/h7-32,34-37H,33H2,1-6H3. The first-order valence-electron chi connectivity index (χ1n) is 25.2. The summed E-state index contributed by atoms with van der Waals surface area (Å²) in [5.74, 6) is 0. The predicted molar refractivity (Wildman–Crippen MR) is 294 cm³/mol. The van der Waals surface area contributed by atoms with Crippen LogP contribution in [0.1, 0.15) is 79.1 Å². The summed E-state index contributed by atoms with van der Waals surface area (Å²) in [6, 6.07) is 52.1. The molecule has 0 aliphatic heterocycles. The van der Waals surface area contributed by atoms with Gasteiger partial charge in [-0.25, -0.2) is 0 Å². The smallest absolute Gasteiger partial charge is 0.0726 e. The second-order valence-electron chi connectivity index (χ2n) is 22.2. The van der Waals surface area contributed by atoms with Crippen molar-refractivity contribution in [3.8, 4) is 55.9 Å². The maximum Gasteiger partial charge on any atom is 0.0726 e. The first-order chi connectivity index (χ1) is 35.0. The molecule has 3 aliphatic carbocycles. The van der Waals surface area contributed by atoms with Crippen LogP contribution in [-0.2, 0) is 22.7 Å². The van der Waals surface area contributed by atoms with Crippen LogP contribution in [0.15, 0.2) is 183 Å². The van der Waals surface area contributed by atoms with Gasteiger partial charge in [-0.3, -0.25) is 19.9 Å². The molecule has 6 nitrogen and oxygen atoms in total. The normalized spacial score (nSPS) is 16.0. The summed E-state index contributed by atoms with van der Waals surface area (Å²) in [5.41, 5.74) is 26.9. The number of nitrogens with zero attached hydrogens (tertiary/aromatic N) is 6. The van der Waals surface area contributed by atoms with Crippen molar-refractivity contribution in [3.05, 3.63) is 228 Å². The largest absolute Gasteiger partial charge is 0.309 e. The van der Waals surface area contributed by atoms with Crippen molar-refractivity contribution < 1.29 is 0 Å². The minimum Gasteiger partial charge on any atom is -0.309 e. The molecule has 6 aromatic heterocycles. The van der Waals surface area contributed by atoms with Crippen molar-refractivity contribution in [3.63, 3.8) is 0 Å². The van der Waals surface area contributed by atoms with Gasteiger partial charge >= 0.3 is 0 Å². The molecule has 344 valence electrons. The van der Waals surface area contributed by atoms with Gasteiger partial charge in [-0.05, 0) is 174 Å². The van der Waals surface area contributed by atoms with Gasteiger partial charge in [0.2, 0.25) is 0 Å². The molecule has 15 rings (SSSR count). The SMILES string of the molecule is Cc1cc(-n2c3ccncc3c3cnccc32)ccc1-c1ccc2c(c1)C13c4cc(ccc4-2)-c2ccc(-n4c5ccncc5c5cnccc54)cc2CC(C)(C)c2ccc(c1c2)-c1ccc(C(C)(C)C)cc13. The van der Waals surface area contributed by atoms with E-state index in [-0.39, 0.29) is 10.8 Å². The van der Waals surface area contributed by atoms with Gasteiger partial charge in [0.1, 0.15) is 0 Å². The molecule has 0 saturated heterocycles. The fourth-order valence-corrected chi connectivity index (χ4v) is 13.3. The first-order valence-corrected chi connectivity index (χ1v) is 25.2. The Labute approximate surface area is 418 Å². The van der Waals surface area contributed by atoms with E-state index in [9.17, 15) is 0 Å². The Bertz CT molecular complexity index is 4240. The van der Waals surface area contributed by atoms with Gasteiger partial charge in [0.15, 0.2) is 0 Å². The van der Waals surface area contributed by atoms with Crippen LogP contribution in [0, 0.1) is 6.92 Å². The van der Waals surface area contributed by atoms with Gasteiger partial charge in [-0.1, -0.05) is 107 Å². The lowest BCUT2D eigenvalue weighted by molar-refractivity contribution is 0.522. The highest BCUT2D eigenvalue weighted by Crippen LogP contribution is 2.64. The first kappa shape index (κ1) is 41.3. The highest BCUT2D eigenvalue weighted by atomic mass is 15.0. The Morgan fingerprint density at radius 1 is 0.431 bits per heavy atom. The van der Waals surface area contributed by atoms with Crippen LogP contribution in [0.3, 0.4) is 0 Å². The molecule has 0 amide bonds. The summed E-state index contributed by atoms with van der Waals surface area (Å²) in [6.07, 6.45) is 16.3. The van der Waals surface area contributed by atoms with Crippen LogP contribution in [0.2, 0.25) is 0 Å². The van der Waals surface area contributed by atoms with Gasteiger partial charge in [0, 0.05) is 82.5 Å². The average Bonchev–Trinajstić information content (AvgIpc) is 4.09. The van der Waals surface area contributed by atoms with Crippen molar-refractivity contribution in [1.29, 1.82) is 0 Å². The van der Waals surface area contributed by atoms with Crippen molar-refractivity contribution >= 4 is 43.6 Å². The molecule has 1 unspecified atom stereocenters. The third kappa shape index (κ3) is 5.49. The third-order valence-electron chi connectivity index (χ3n) is 16.7. The van der Waals surface area contributed by atoms with Crippen LogP contribution < -0.4 is 0 Å². The average molecular weight is 927 g/mol. The molecule has 72 heavy (non-hydrogen) atoms. The molecule has 6 aromatic carbocycles. The summed E-state index contributed by atoms with van der Waals surface area (Å²) < 4.78 is 4.73. The molecule has 12 aromatic rings. The number of hydrogen-bond acceptors (Lipinski definition) is 4. The molecular weight excluding hydrogens is 877 g/mol. The zero-order chi connectivity index (χ0) is 48.4. The second-order valence-corrected chi connectivity index (χ2v) is 22.2. The zero-order valence-electron chi connectivity index (χ0n) is 41.2. The Kier molecular flexibility index (Phi) is 8.22. The number of aromatic nitrogens is 6. The summed E-state index contributed by atoms with van der Waals surface area (Å²) in [6.45, 7) is 14.2. The van der Waals surface area contributed by atoms with E-state index in [1.165, 1.54) is 89.0 Å². The minimum absolute atomic E-state index is 0.0443. The van der Waals surface area contributed by atoms with Crippen LogP contribution >= 0.6 is 0 Å². The van der Waals surface area contributed by atoms with Gasteiger partial charge in [-0.2, -0.15) is 0 Å². The lowest BCUT2D eigenvalue weighted by Gasteiger charge is -2.33. The number of rotatable bonds is 3. The summed E-state index contributed by atoms with van der Waals surface area (Å²) >= 11 is 0. The maximum absolute atomic E-state index is 4.52. The van der Waals surface area contributed by atoms with Crippen LogP contribution in [-0.4, -0.2) is 29.1 Å². The fraction of sp³-hybridized carbons (Fsp3) is 0.152. The highest BCUT2D eigenvalue weighted by Gasteiger charge is 2.53. The Balaban J connectivity index is 0.966. The topological polar surface area (TPSA) is 61.4 Å². The zero-order valence-corrected chi connectivity index (χ0v) is 41.2. The van der Waals surface area contributed by atoms with E-state index in [0.717, 1.165) is 61.4 Å². The molecular formula is C66H50N6.